The number of anilines is 1. The fourth-order valence-corrected chi connectivity index (χ4v) is 4.55. The summed E-state index contributed by atoms with van der Waals surface area (Å²) in [5.41, 5.74) is 0.250. The number of carbonyl (C=O) groups is 1. The van der Waals surface area contributed by atoms with Crippen molar-refractivity contribution in [3.05, 3.63) is 63.7 Å². The second kappa shape index (κ2) is 7.84. The van der Waals surface area contributed by atoms with E-state index in [4.69, 9.17) is 0 Å². The van der Waals surface area contributed by atoms with Crippen molar-refractivity contribution in [1.29, 1.82) is 0 Å². The maximum absolute atomic E-state index is 13.4. The second-order valence-electron chi connectivity index (χ2n) is 6.48. The lowest BCUT2D eigenvalue weighted by Crippen LogP contribution is -2.48. The first-order chi connectivity index (χ1) is 13.6. The fourth-order valence-electron chi connectivity index (χ4n) is 3.11. The smallest absolute Gasteiger partial charge is 0.293 e. The zero-order chi connectivity index (χ0) is 21.3. The summed E-state index contributed by atoms with van der Waals surface area (Å²) in [6.45, 7) is 1.63. The minimum absolute atomic E-state index is 0.00689. The van der Waals surface area contributed by atoms with E-state index in [0.717, 1.165) is 16.4 Å². The highest BCUT2D eigenvalue weighted by Gasteiger charge is 2.31. The molecule has 0 aliphatic carbocycles. The van der Waals surface area contributed by atoms with Gasteiger partial charge in [0.05, 0.1) is 9.82 Å². The van der Waals surface area contributed by atoms with Gasteiger partial charge in [0.2, 0.25) is 10.0 Å². The summed E-state index contributed by atoms with van der Waals surface area (Å²) in [5.74, 6) is -2.71. The van der Waals surface area contributed by atoms with Gasteiger partial charge in [0, 0.05) is 37.8 Å². The van der Waals surface area contributed by atoms with Gasteiger partial charge in [0.25, 0.3) is 5.69 Å². The molecule has 0 amide bonds. The van der Waals surface area contributed by atoms with Crippen molar-refractivity contribution in [2.75, 3.05) is 31.1 Å². The first-order valence-electron chi connectivity index (χ1n) is 8.61. The summed E-state index contributed by atoms with van der Waals surface area (Å²) in [6.07, 6.45) is 0. The van der Waals surface area contributed by atoms with Crippen LogP contribution in [0.4, 0.5) is 20.2 Å². The molecular formula is C18H17F2N3O5S. The zero-order valence-corrected chi connectivity index (χ0v) is 16.2. The van der Waals surface area contributed by atoms with E-state index in [0.29, 0.717) is 6.07 Å². The van der Waals surface area contributed by atoms with Crippen LogP contribution in [0.1, 0.15) is 17.3 Å². The quantitative estimate of drug-likeness (QED) is 0.415. The summed E-state index contributed by atoms with van der Waals surface area (Å²) in [4.78, 5) is 23.6. The Bertz CT molecular complexity index is 1080. The molecule has 3 rings (SSSR count). The lowest BCUT2D eigenvalue weighted by atomic mass is 10.1. The largest absolute Gasteiger partial charge is 0.363 e. The summed E-state index contributed by atoms with van der Waals surface area (Å²) < 4.78 is 52.9. The molecule has 0 aromatic heterocycles. The monoisotopic (exact) mass is 425 g/mol. The lowest BCUT2D eigenvalue weighted by Gasteiger charge is -2.35. The molecule has 0 N–H and O–H groups in total. The minimum Gasteiger partial charge on any atom is -0.363 e. The summed E-state index contributed by atoms with van der Waals surface area (Å²) in [7, 11) is -4.03. The molecule has 29 heavy (non-hydrogen) atoms. The number of halogens is 2. The maximum atomic E-state index is 13.4. The molecule has 1 fully saturated rings. The van der Waals surface area contributed by atoms with Crippen molar-refractivity contribution in [2.45, 2.75) is 11.8 Å². The Hall–Kier alpha value is -2.92. The lowest BCUT2D eigenvalue weighted by molar-refractivity contribution is -0.384. The van der Waals surface area contributed by atoms with Crippen molar-refractivity contribution in [3.63, 3.8) is 0 Å². The molecule has 154 valence electrons. The van der Waals surface area contributed by atoms with Crippen LogP contribution in [0.3, 0.4) is 0 Å². The number of rotatable bonds is 5. The van der Waals surface area contributed by atoms with E-state index in [1.807, 2.05) is 0 Å². The molecule has 0 unspecified atom stereocenters. The van der Waals surface area contributed by atoms with Gasteiger partial charge in [-0.2, -0.15) is 4.31 Å². The number of sulfonamides is 1. The standard InChI is InChI=1S/C18H17F2N3O5S/c1-12(24)13-2-5-17(18(10-13)23(25)26)21-6-8-22(9-7-21)29(27,28)14-3-4-15(19)16(20)11-14/h2-5,10-11H,6-9H2,1H3. The highest BCUT2D eigenvalue weighted by molar-refractivity contribution is 7.89. The third kappa shape index (κ3) is 4.10. The molecule has 0 bridgehead atoms. The number of benzene rings is 2. The molecule has 0 atom stereocenters. The van der Waals surface area contributed by atoms with E-state index < -0.39 is 26.6 Å². The van der Waals surface area contributed by atoms with Crippen molar-refractivity contribution in [1.82, 2.24) is 4.31 Å². The normalized spacial score (nSPS) is 15.3. The fraction of sp³-hybridized carbons (Fsp3) is 0.278. The van der Waals surface area contributed by atoms with Gasteiger partial charge < -0.3 is 4.90 Å². The van der Waals surface area contributed by atoms with Crippen LogP contribution in [0.5, 0.6) is 0 Å². The zero-order valence-electron chi connectivity index (χ0n) is 15.3. The van der Waals surface area contributed by atoms with Gasteiger partial charge in [-0.1, -0.05) is 0 Å². The van der Waals surface area contributed by atoms with E-state index in [1.54, 1.807) is 4.90 Å². The molecule has 2 aromatic carbocycles. The van der Waals surface area contributed by atoms with Gasteiger partial charge >= 0.3 is 0 Å². The highest BCUT2D eigenvalue weighted by Crippen LogP contribution is 2.31. The number of nitrogens with zero attached hydrogens (tertiary/aromatic N) is 3. The van der Waals surface area contributed by atoms with Crippen LogP contribution in [0.25, 0.3) is 0 Å². The number of carbonyl (C=O) groups excluding carboxylic acids is 1. The SMILES string of the molecule is CC(=O)c1ccc(N2CCN(S(=O)(=O)c3ccc(F)c(F)c3)CC2)c([N+](=O)[O-])c1. The van der Waals surface area contributed by atoms with Gasteiger partial charge in [0.15, 0.2) is 17.4 Å². The van der Waals surface area contributed by atoms with Crippen molar-refractivity contribution < 1.29 is 26.9 Å². The number of hydrogen-bond donors (Lipinski definition) is 0. The molecule has 11 heteroatoms. The molecule has 1 aliphatic heterocycles. The van der Waals surface area contributed by atoms with Crippen molar-refractivity contribution in [2.24, 2.45) is 0 Å². The summed E-state index contributed by atoms with van der Waals surface area (Å²) in [5, 5.41) is 11.4. The van der Waals surface area contributed by atoms with Crippen molar-refractivity contribution in [3.8, 4) is 0 Å². The van der Waals surface area contributed by atoms with E-state index >= 15 is 0 Å². The van der Waals surface area contributed by atoms with Gasteiger partial charge in [-0.3, -0.25) is 14.9 Å². The topological polar surface area (TPSA) is 101 Å². The molecular weight excluding hydrogens is 408 g/mol. The van der Waals surface area contributed by atoms with E-state index in [-0.39, 0.29) is 53.8 Å². The number of Topliss-reactive ketones (excluding diaryl/α,β-unsaturated/α-hetero) is 1. The molecule has 1 aliphatic rings. The van der Waals surface area contributed by atoms with E-state index in [9.17, 15) is 32.1 Å². The molecule has 0 spiro atoms. The van der Waals surface area contributed by atoms with Crippen LogP contribution in [0.2, 0.25) is 0 Å². The van der Waals surface area contributed by atoms with Crippen LogP contribution >= 0.6 is 0 Å². The van der Waals surface area contributed by atoms with E-state index in [2.05, 4.69) is 0 Å². The van der Waals surface area contributed by atoms with Crippen LogP contribution in [-0.4, -0.2) is 49.6 Å². The maximum Gasteiger partial charge on any atom is 0.293 e. The van der Waals surface area contributed by atoms with Crippen LogP contribution in [0, 0.1) is 21.7 Å². The highest BCUT2D eigenvalue weighted by atomic mass is 32.2. The number of ketones is 1. The predicted molar refractivity (Wildman–Crippen MR) is 100 cm³/mol. The van der Waals surface area contributed by atoms with Crippen LogP contribution in [0.15, 0.2) is 41.3 Å². The second-order valence-corrected chi connectivity index (χ2v) is 8.42. The number of hydrogen-bond acceptors (Lipinski definition) is 6. The number of nitro benzene ring substituents is 1. The Morgan fingerprint density at radius 2 is 1.69 bits per heavy atom. The summed E-state index contributed by atoms with van der Waals surface area (Å²) in [6, 6.07) is 6.51. The van der Waals surface area contributed by atoms with Gasteiger partial charge in [-0.05, 0) is 37.3 Å². The number of piperazine rings is 1. The first kappa shape index (κ1) is 20.8. The third-order valence-corrected chi connectivity index (χ3v) is 6.58. The first-order valence-corrected chi connectivity index (χ1v) is 10.0. The average molecular weight is 425 g/mol. The van der Waals surface area contributed by atoms with Crippen LogP contribution in [-0.2, 0) is 10.0 Å². The molecule has 8 nitrogen and oxygen atoms in total. The molecule has 0 radical (unpaired) electrons. The predicted octanol–water partition coefficient (Wildman–Crippen LogP) is 2.59. The Morgan fingerprint density at radius 3 is 2.24 bits per heavy atom. The van der Waals surface area contributed by atoms with Gasteiger partial charge in [0.1, 0.15) is 5.69 Å². The van der Waals surface area contributed by atoms with Gasteiger partial charge in [-0.15, -0.1) is 0 Å². The molecule has 2 aromatic rings. The Morgan fingerprint density at radius 1 is 1.03 bits per heavy atom. The number of nitro groups is 1. The Balaban J connectivity index is 1.81. The molecule has 0 saturated carbocycles. The third-order valence-electron chi connectivity index (χ3n) is 4.69. The minimum atomic E-state index is -4.03. The molecule has 1 saturated heterocycles. The Labute approximate surface area is 165 Å². The van der Waals surface area contributed by atoms with Crippen LogP contribution < -0.4 is 4.90 Å². The van der Waals surface area contributed by atoms with Crippen molar-refractivity contribution >= 4 is 27.2 Å². The van der Waals surface area contributed by atoms with Gasteiger partial charge in [-0.25, -0.2) is 17.2 Å². The average Bonchev–Trinajstić information content (AvgIpc) is 2.69. The summed E-state index contributed by atoms with van der Waals surface area (Å²) >= 11 is 0. The Kier molecular flexibility index (Phi) is 5.62. The molecule has 1 heterocycles. The van der Waals surface area contributed by atoms with E-state index in [1.165, 1.54) is 25.1 Å².